The minimum atomic E-state index is -0.473. The standard InChI is InChI=1S/C14H19N3O4/c1-14(2)9-21-7-6-16(14)13(18)10-4-5-12(17(19)20)11(8-10)15-3/h4-5,8,15H,6-7,9H2,1-3H3. The van der Waals surface area contributed by atoms with Gasteiger partial charge in [0.15, 0.2) is 0 Å². The van der Waals surface area contributed by atoms with Gasteiger partial charge in [-0.15, -0.1) is 0 Å². The molecule has 7 nitrogen and oxygen atoms in total. The average molecular weight is 293 g/mol. The summed E-state index contributed by atoms with van der Waals surface area (Å²) in [5.74, 6) is -0.144. The van der Waals surface area contributed by atoms with Gasteiger partial charge in [0.25, 0.3) is 11.6 Å². The Labute approximate surface area is 123 Å². The molecule has 1 N–H and O–H groups in total. The molecule has 114 valence electrons. The monoisotopic (exact) mass is 293 g/mol. The topological polar surface area (TPSA) is 84.7 Å². The molecule has 1 aromatic carbocycles. The van der Waals surface area contributed by atoms with Gasteiger partial charge in [-0.3, -0.25) is 14.9 Å². The second-order valence-electron chi connectivity index (χ2n) is 5.56. The lowest BCUT2D eigenvalue weighted by Gasteiger charge is -2.42. The highest BCUT2D eigenvalue weighted by Crippen LogP contribution is 2.27. The molecule has 1 heterocycles. The van der Waals surface area contributed by atoms with E-state index in [1.54, 1.807) is 11.9 Å². The molecule has 0 saturated carbocycles. The van der Waals surface area contributed by atoms with Gasteiger partial charge >= 0.3 is 0 Å². The third-order valence-corrected chi connectivity index (χ3v) is 3.60. The molecule has 1 saturated heterocycles. The zero-order valence-corrected chi connectivity index (χ0v) is 12.4. The number of carbonyl (C=O) groups excluding carboxylic acids is 1. The highest BCUT2D eigenvalue weighted by atomic mass is 16.6. The van der Waals surface area contributed by atoms with Crippen molar-refractivity contribution in [2.75, 3.05) is 32.1 Å². The summed E-state index contributed by atoms with van der Waals surface area (Å²) >= 11 is 0. The first-order valence-corrected chi connectivity index (χ1v) is 6.73. The molecular formula is C14H19N3O4. The Hall–Kier alpha value is -2.15. The molecule has 0 radical (unpaired) electrons. The summed E-state index contributed by atoms with van der Waals surface area (Å²) < 4.78 is 5.40. The number of hydrogen-bond donors (Lipinski definition) is 1. The van der Waals surface area contributed by atoms with E-state index in [9.17, 15) is 14.9 Å². The quantitative estimate of drug-likeness (QED) is 0.679. The smallest absolute Gasteiger partial charge is 0.292 e. The van der Waals surface area contributed by atoms with Gasteiger partial charge in [-0.25, -0.2) is 0 Å². The van der Waals surface area contributed by atoms with E-state index in [-0.39, 0.29) is 11.6 Å². The second-order valence-corrected chi connectivity index (χ2v) is 5.56. The molecule has 0 bridgehead atoms. The Balaban J connectivity index is 2.33. The van der Waals surface area contributed by atoms with Crippen molar-refractivity contribution in [1.82, 2.24) is 4.90 Å². The summed E-state index contributed by atoms with van der Waals surface area (Å²) in [4.78, 5) is 24.8. The molecule has 1 aliphatic heterocycles. The minimum absolute atomic E-state index is 0.0460. The van der Waals surface area contributed by atoms with Gasteiger partial charge < -0.3 is 15.0 Å². The van der Waals surface area contributed by atoms with E-state index in [0.29, 0.717) is 31.0 Å². The lowest BCUT2D eigenvalue weighted by molar-refractivity contribution is -0.383. The molecule has 7 heteroatoms. The normalized spacial score (nSPS) is 17.4. The maximum Gasteiger partial charge on any atom is 0.292 e. The number of morpholine rings is 1. The first-order chi connectivity index (χ1) is 9.86. The fraction of sp³-hybridized carbons (Fsp3) is 0.500. The van der Waals surface area contributed by atoms with Gasteiger partial charge in [-0.1, -0.05) is 0 Å². The van der Waals surface area contributed by atoms with Crippen LogP contribution in [0.1, 0.15) is 24.2 Å². The van der Waals surface area contributed by atoms with Crippen LogP contribution in [-0.2, 0) is 4.74 Å². The number of benzene rings is 1. The van der Waals surface area contributed by atoms with Gasteiger partial charge in [-0.05, 0) is 26.0 Å². The van der Waals surface area contributed by atoms with Crippen molar-refractivity contribution >= 4 is 17.3 Å². The summed E-state index contributed by atoms with van der Waals surface area (Å²) in [6.45, 7) is 5.37. The molecule has 1 aromatic rings. The first kappa shape index (κ1) is 15.2. The summed E-state index contributed by atoms with van der Waals surface area (Å²) in [5, 5.41) is 13.7. The Kier molecular flexibility index (Phi) is 4.13. The van der Waals surface area contributed by atoms with E-state index in [2.05, 4.69) is 5.32 Å². The molecular weight excluding hydrogens is 274 g/mol. The number of nitro groups is 1. The van der Waals surface area contributed by atoms with Gasteiger partial charge in [0.1, 0.15) is 5.69 Å². The van der Waals surface area contributed by atoms with Crippen LogP contribution in [0.5, 0.6) is 0 Å². The predicted molar refractivity (Wildman–Crippen MR) is 78.6 cm³/mol. The van der Waals surface area contributed by atoms with Crippen LogP contribution in [0.25, 0.3) is 0 Å². The zero-order chi connectivity index (χ0) is 15.6. The number of nitro benzene ring substituents is 1. The molecule has 1 fully saturated rings. The highest BCUT2D eigenvalue weighted by molar-refractivity contribution is 5.96. The molecule has 0 aromatic heterocycles. The molecule has 2 rings (SSSR count). The maximum atomic E-state index is 12.6. The number of nitrogens with one attached hydrogen (secondary N) is 1. The molecule has 1 aliphatic rings. The largest absolute Gasteiger partial charge is 0.383 e. The zero-order valence-electron chi connectivity index (χ0n) is 12.4. The summed E-state index contributed by atoms with van der Waals surface area (Å²) in [7, 11) is 1.59. The summed E-state index contributed by atoms with van der Waals surface area (Å²) in [6, 6.07) is 4.37. The van der Waals surface area contributed by atoms with Crippen molar-refractivity contribution in [3.63, 3.8) is 0 Å². The lowest BCUT2D eigenvalue weighted by atomic mass is 10.0. The van der Waals surface area contributed by atoms with Crippen LogP contribution in [0.2, 0.25) is 0 Å². The van der Waals surface area contributed by atoms with Crippen LogP contribution in [0.4, 0.5) is 11.4 Å². The molecule has 1 amide bonds. The van der Waals surface area contributed by atoms with E-state index in [4.69, 9.17) is 4.74 Å². The first-order valence-electron chi connectivity index (χ1n) is 6.73. The van der Waals surface area contributed by atoms with Crippen LogP contribution in [-0.4, -0.2) is 48.1 Å². The average Bonchev–Trinajstić information content (AvgIpc) is 2.45. The number of rotatable bonds is 3. The van der Waals surface area contributed by atoms with Gasteiger partial charge in [0.2, 0.25) is 0 Å². The van der Waals surface area contributed by atoms with E-state index >= 15 is 0 Å². The lowest BCUT2D eigenvalue weighted by Crippen LogP contribution is -2.55. The van der Waals surface area contributed by atoms with Crippen LogP contribution in [0.15, 0.2) is 18.2 Å². The van der Waals surface area contributed by atoms with Gasteiger partial charge in [0, 0.05) is 25.2 Å². The maximum absolute atomic E-state index is 12.6. The third-order valence-electron chi connectivity index (χ3n) is 3.60. The SMILES string of the molecule is CNc1cc(C(=O)N2CCOCC2(C)C)ccc1[N+](=O)[O-]. The van der Waals surface area contributed by atoms with Crippen LogP contribution < -0.4 is 5.32 Å². The molecule has 21 heavy (non-hydrogen) atoms. The van der Waals surface area contributed by atoms with Gasteiger partial charge in [0.05, 0.1) is 23.7 Å². The summed E-state index contributed by atoms with van der Waals surface area (Å²) in [6.07, 6.45) is 0. The Morgan fingerprint density at radius 2 is 2.19 bits per heavy atom. The fourth-order valence-corrected chi connectivity index (χ4v) is 2.42. The number of nitrogens with zero attached hydrogens (tertiary/aromatic N) is 2. The molecule has 0 aliphatic carbocycles. The van der Waals surface area contributed by atoms with Gasteiger partial charge in [-0.2, -0.15) is 0 Å². The van der Waals surface area contributed by atoms with E-state index in [0.717, 1.165) is 0 Å². The van der Waals surface area contributed by atoms with E-state index in [1.807, 2.05) is 13.8 Å². The van der Waals surface area contributed by atoms with E-state index in [1.165, 1.54) is 18.2 Å². The minimum Gasteiger partial charge on any atom is -0.383 e. The van der Waals surface area contributed by atoms with Crippen molar-refractivity contribution in [3.8, 4) is 0 Å². The number of amides is 1. The van der Waals surface area contributed by atoms with Crippen LogP contribution in [0, 0.1) is 10.1 Å². The number of hydrogen-bond acceptors (Lipinski definition) is 5. The van der Waals surface area contributed by atoms with E-state index < -0.39 is 10.5 Å². The number of carbonyl (C=O) groups is 1. The van der Waals surface area contributed by atoms with Crippen molar-refractivity contribution in [2.45, 2.75) is 19.4 Å². The molecule has 0 unspecified atom stereocenters. The second kappa shape index (κ2) is 5.69. The van der Waals surface area contributed by atoms with Crippen LogP contribution in [0.3, 0.4) is 0 Å². The third kappa shape index (κ3) is 2.97. The Bertz CT molecular complexity index is 571. The van der Waals surface area contributed by atoms with Crippen molar-refractivity contribution in [3.05, 3.63) is 33.9 Å². The van der Waals surface area contributed by atoms with Crippen molar-refractivity contribution < 1.29 is 14.5 Å². The summed E-state index contributed by atoms with van der Waals surface area (Å²) in [5.41, 5.74) is 0.323. The Morgan fingerprint density at radius 3 is 2.76 bits per heavy atom. The fourth-order valence-electron chi connectivity index (χ4n) is 2.42. The Morgan fingerprint density at radius 1 is 1.48 bits per heavy atom. The highest BCUT2D eigenvalue weighted by Gasteiger charge is 2.34. The number of anilines is 1. The molecule has 0 spiro atoms. The predicted octanol–water partition coefficient (Wildman–Crippen LogP) is 1.89. The number of ether oxygens (including phenoxy) is 1. The van der Waals surface area contributed by atoms with Crippen molar-refractivity contribution in [1.29, 1.82) is 0 Å². The van der Waals surface area contributed by atoms with Crippen molar-refractivity contribution in [2.24, 2.45) is 0 Å². The van der Waals surface area contributed by atoms with Crippen LogP contribution >= 0.6 is 0 Å². The molecule has 0 atom stereocenters.